The zero-order valence-electron chi connectivity index (χ0n) is 7.46. The number of nitrogens with one attached hydrogen (secondary N) is 1. The predicted octanol–water partition coefficient (Wildman–Crippen LogP) is 2.52. The molecule has 1 rings (SSSR count). The molecule has 0 amide bonds. The van der Waals surface area contributed by atoms with Crippen LogP contribution in [-0.2, 0) is 4.79 Å². The number of aliphatic carboxylic acids is 1. The van der Waals surface area contributed by atoms with Gasteiger partial charge < -0.3 is 10.5 Å². The van der Waals surface area contributed by atoms with Crippen LogP contribution < -0.4 is 0 Å². The van der Waals surface area contributed by atoms with Crippen LogP contribution in [0.4, 0.5) is 0 Å². The Hall–Kier alpha value is -0.910. The molecule has 0 aliphatic heterocycles. The summed E-state index contributed by atoms with van der Waals surface area (Å²) in [6.45, 7) is 0. The third-order valence-corrected chi connectivity index (χ3v) is 2.50. The van der Waals surface area contributed by atoms with E-state index in [0.29, 0.717) is 5.71 Å². The summed E-state index contributed by atoms with van der Waals surface area (Å²) in [6.07, 6.45) is 0.306. The van der Waals surface area contributed by atoms with Gasteiger partial charge in [-0.15, -0.1) is 0 Å². The Bertz CT molecular complexity index is 346. The van der Waals surface area contributed by atoms with Crippen molar-refractivity contribution in [3.63, 3.8) is 0 Å². The maximum Gasteiger partial charge on any atom is 0.303 e. The van der Waals surface area contributed by atoms with E-state index in [9.17, 15) is 4.79 Å². The molecule has 0 aliphatic rings. The molecule has 74 valence electrons. The molecule has 0 saturated heterocycles. The van der Waals surface area contributed by atoms with Gasteiger partial charge in [0.05, 0.1) is 6.42 Å². The van der Waals surface area contributed by atoms with Gasteiger partial charge in [0.15, 0.2) is 0 Å². The molecule has 0 fully saturated rings. The molecule has 0 saturated carbocycles. The molecule has 1 aromatic carbocycles. The Morgan fingerprint density at radius 1 is 1.29 bits per heavy atom. The molecule has 0 unspecified atom stereocenters. The van der Waals surface area contributed by atoms with Gasteiger partial charge in [-0.25, -0.2) is 0 Å². The smallest absolute Gasteiger partial charge is 0.303 e. The molecule has 0 radical (unpaired) electrons. The zero-order chi connectivity index (χ0) is 10.6. The summed E-state index contributed by atoms with van der Waals surface area (Å²) in [4.78, 5) is 10.3. The number of hydrogen-bond donors (Lipinski definition) is 2. The average Bonchev–Trinajstić information content (AvgIpc) is 2.15. The minimum Gasteiger partial charge on any atom is -0.481 e. The summed E-state index contributed by atoms with van der Waals surface area (Å²) in [7, 11) is 0. The van der Waals surface area contributed by atoms with E-state index in [1.54, 1.807) is 0 Å². The molecule has 0 atom stereocenters. The standard InChI is InChI=1S/C10H10INO2/c11-8-3-1-7(2-4-8)9(12)5-6-10(13)14/h1-4,12H,5-6H2,(H,13,14). The van der Waals surface area contributed by atoms with E-state index in [4.69, 9.17) is 10.5 Å². The Kier molecular flexibility index (Phi) is 4.06. The van der Waals surface area contributed by atoms with E-state index < -0.39 is 5.97 Å². The molecule has 14 heavy (non-hydrogen) atoms. The van der Waals surface area contributed by atoms with Gasteiger partial charge in [-0.3, -0.25) is 4.79 Å². The molecule has 0 aromatic heterocycles. The van der Waals surface area contributed by atoms with Crippen LogP contribution in [0.1, 0.15) is 18.4 Å². The van der Waals surface area contributed by atoms with Crippen molar-refractivity contribution in [1.82, 2.24) is 0 Å². The Morgan fingerprint density at radius 3 is 2.36 bits per heavy atom. The van der Waals surface area contributed by atoms with Gasteiger partial charge in [-0.05, 0) is 46.7 Å². The minimum atomic E-state index is -0.861. The lowest BCUT2D eigenvalue weighted by Gasteiger charge is -2.01. The maximum atomic E-state index is 10.3. The number of halogens is 1. The predicted molar refractivity (Wildman–Crippen MR) is 62.9 cm³/mol. The van der Waals surface area contributed by atoms with E-state index in [1.165, 1.54) is 0 Å². The molecular weight excluding hydrogens is 293 g/mol. The number of carbonyl (C=O) groups is 1. The van der Waals surface area contributed by atoms with Crippen LogP contribution in [0.25, 0.3) is 0 Å². The molecule has 0 heterocycles. The fourth-order valence-electron chi connectivity index (χ4n) is 1.03. The number of carboxylic acid groups (broad SMARTS) is 1. The van der Waals surface area contributed by atoms with E-state index in [1.807, 2.05) is 24.3 Å². The highest BCUT2D eigenvalue weighted by atomic mass is 127. The van der Waals surface area contributed by atoms with E-state index in [2.05, 4.69) is 22.6 Å². The van der Waals surface area contributed by atoms with Gasteiger partial charge >= 0.3 is 5.97 Å². The summed E-state index contributed by atoms with van der Waals surface area (Å²) in [5.74, 6) is -0.861. The average molecular weight is 303 g/mol. The third kappa shape index (κ3) is 3.45. The second kappa shape index (κ2) is 5.09. The monoisotopic (exact) mass is 303 g/mol. The van der Waals surface area contributed by atoms with Crippen molar-refractivity contribution in [1.29, 1.82) is 5.41 Å². The highest BCUT2D eigenvalue weighted by Crippen LogP contribution is 2.09. The number of carboxylic acids is 1. The molecule has 2 N–H and O–H groups in total. The van der Waals surface area contributed by atoms with Gasteiger partial charge in [-0.2, -0.15) is 0 Å². The van der Waals surface area contributed by atoms with Gasteiger partial charge in [0, 0.05) is 9.28 Å². The van der Waals surface area contributed by atoms with Crippen LogP contribution in [0, 0.1) is 8.98 Å². The summed E-state index contributed by atoms with van der Waals surface area (Å²) >= 11 is 2.19. The van der Waals surface area contributed by atoms with Crippen molar-refractivity contribution in [2.24, 2.45) is 0 Å². The van der Waals surface area contributed by atoms with Crippen LogP contribution in [-0.4, -0.2) is 16.8 Å². The molecule has 0 bridgehead atoms. The Balaban J connectivity index is 2.61. The first-order valence-electron chi connectivity index (χ1n) is 4.15. The summed E-state index contributed by atoms with van der Waals surface area (Å²) < 4.78 is 1.11. The molecule has 0 aliphatic carbocycles. The lowest BCUT2D eigenvalue weighted by atomic mass is 10.1. The summed E-state index contributed by atoms with van der Waals surface area (Å²) in [6, 6.07) is 7.49. The first-order chi connectivity index (χ1) is 6.59. The topological polar surface area (TPSA) is 61.2 Å². The molecule has 1 aromatic rings. The normalized spacial score (nSPS) is 9.79. The first kappa shape index (κ1) is 11.2. The van der Waals surface area contributed by atoms with Crippen molar-refractivity contribution in [2.45, 2.75) is 12.8 Å². The van der Waals surface area contributed by atoms with Crippen LogP contribution in [0.2, 0.25) is 0 Å². The van der Waals surface area contributed by atoms with Gasteiger partial charge in [0.1, 0.15) is 0 Å². The highest BCUT2D eigenvalue weighted by molar-refractivity contribution is 14.1. The fraction of sp³-hybridized carbons (Fsp3) is 0.200. The van der Waals surface area contributed by atoms with Gasteiger partial charge in [0.2, 0.25) is 0 Å². The van der Waals surface area contributed by atoms with Crippen molar-refractivity contribution < 1.29 is 9.90 Å². The fourth-order valence-corrected chi connectivity index (χ4v) is 1.39. The van der Waals surface area contributed by atoms with Crippen molar-refractivity contribution in [2.75, 3.05) is 0 Å². The summed E-state index contributed by atoms with van der Waals surface area (Å²) in [5.41, 5.74) is 1.18. The van der Waals surface area contributed by atoms with Crippen LogP contribution >= 0.6 is 22.6 Å². The Morgan fingerprint density at radius 2 is 1.86 bits per heavy atom. The summed E-state index contributed by atoms with van der Waals surface area (Å²) in [5, 5.41) is 16.1. The van der Waals surface area contributed by atoms with Crippen LogP contribution in [0.15, 0.2) is 24.3 Å². The first-order valence-corrected chi connectivity index (χ1v) is 5.22. The van der Waals surface area contributed by atoms with Crippen molar-refractivity contribution in [3.8, 4) is 0 Å². The van der Waals surface area contributed by atoms with E-state index >= 15 is 0 Å². The van der Waals surface area contributed by atoms with Gasteiger partial charge in [0.25, 0.3) is 0 Å². The molecule has 3 nitrogen and oxygen atoms in total. The highest BCUT2D eigenvalue weighted by Gasteiger charge is 2.04. The zero-order valence-corrected chi connectivity index (χ0v) is 9.61. The third-order valence-electron chi connectivity index (χ3n) is 1.78. The van der Waals surface area contributed by atoms with Crippen molar-refractivity contribution >= 4 is 34.3 Å². The van der Waals surface area contributed by atoms with Crippen molar-refractivity contribution in [3.05, 3.63) is 33.4 Å². The maximum absolute atomic E-state index is 10.3. The van der Waals surface area contributed by atoms with Gasteiger partial charge in [-0.1, -0.05) is 12.1 Å². The number of hydrogen-bond acceptors (Lipinski definition) is 2. The minimum absolute atomic E-state index is 0.0187. The van der Waals surface area contributed by atoms with Crippen LogP contribution in [0.3, 0.4) is 0 Å². The Labute approximate surface area is 95.8 Å². The lowest BCUT2D eigenvalue weighted by Crippen LogP contribution is -2.03. The van der Waals surface area contributed by atoms with E-state index in [-0.39, 0.29) is 12.8 Å². The quantitative estimate of drug-likeness (QED) is 0.663. The molecular formula is C10H10INO2. The number of rotatable bonds is 4. The second-order valence-corrected chi connectivity index (χ2v) is 4.12. The molecule has 4 heteroatoms. The number of benzene rings is 1. The largest absolute Gasteiger partial charge is 0.481 e. The second-order valence-electron chi connectivity index (χ2n) is 2.88. The lowest BCUT2D eigenvalue weighted by molar-refractivity contribution is -0.136. The molecule has 0 spiro atoms. The van der Waals surface area contributed by atoms with E-state index in [0.717, 1.165) is 9.13 Å². The SMILES string of the molecule is N=C(CCC(=O)O)c1ccc(I)cc1. The van der Waals surface area contributed by atoms with Crippen LogP contribution in [0.5, 0.6) is 0 Å².